The van der Waals surface area contributed by atoms with Crippen LogP contribution in [-0.2, 0) is 4.79 Å². The van der Waals surface area contributed by atoms with Crippen molar-refractivity contribution < 1.29 is 4.79 Å². The molecule has 0 amide bonds. The molecule has 0 bridgehead atoms. The molecule has 0 saturated carbocycles. The molecule has 0 aromatic rings. The third-order valence-corrected chi connectivity index (χ3v) is 1.87. The van der Waals surface area contributed by atoms with Crippen LogP contribution in [0.2, 0.25) is 0 Å². The van der Waals surface area contributed by atoms with Crippen molar-refractivity contribution in [1.29, 1.82) is 0 Å². The molecule has 2 nitrogen and oxygen atoms in total. The second-order valence-corrected chi connectivity index (χ2v) is 4.30. The Balaban J connectivity index is 0. The van der Waals surface area contributed by atoms with Crippen molar-refractivity contribution in [1.82, 2.24) is 0 Å². The standard InChI is InChI=1S/C8H16O.C4H9N/c1-6(2)5-7(3)8(4)9;1-4(2)3-5/h6-7H,5H2,1-4H3;1,3,5H2,2H3. The first-order valence-corrected chi connectivity index (χ1v) is 5.16. The van der Waals surface area contributed by atoms with Gasteiger partial charge in [0.05, 0.1) is 0 Å². The maximum absolute atomic E-state index is 10.7. The molecule has 0 aliphatic carbocycles. The Labute approximate surface area is 88.6 Å². The van der Waals surface area contributed by atoms with Gasteiger partial charge in [0, 0.05) is 12.5 Å². The number of carbonyl (C=O) groups is 1. The number of hydrogen-bond acceptors (Lipinski definition) is 2. The van der Waals surface area contributed by atoms with Gasteiger partial charge in [0.25, 0.3) is 0 Å². The molecule has 0 aromatic heterocycles. The summed E-state index contributed by atoms with van der Waals surface area (Å²) in [6.45, 7) is 14.0. The Bertz CT molecular complexity index is 173. The van der Waals surface area contributed by atoms with Crippen LogP contribution in [0.5, 0.6) is 0 Å². The maximum atomic E-state index is 10.7. The Morgan fingerprint density at radius 2 is 1.64 bits per heavy atom. The first-order chi connectivity index (χ1) is 6.31. The summed E-state index contributed by atoms with van der Waals surface area (Å²) in [4.78, 5) is 10.7. The SMILES string of the molecule is C=C(C)CN.CC(=O)C(C)CC(C)C. The first-order valence-electron chi connectivity index (χ1n) is 5.16. The van der Waals surface area contributed by atoms with Gasteiger partial charge < -0.3 is 5.73 Å². The molecule has 14 heavy (non-hydrogen) atoms. The van der Waals surface area contributed by atoms with Gasteiger partial charge in [0.2, 0.25) is 0 Å². The van der Waals surface area contributed by atoms with Gasteiger partial charge in [0.15, 0.2) is 0 Å². The number of nitrogens with two attached hydrogens (primary N) is 1. The highest BCUT2D eigenvalue weighted by Crippen LogP contribution is 2.10. The van der Waals surface area contributed by atoms with Gasteiger partial charge in [-0.15, -0.1) is 0 Å². The minimum absolute atomic E-state index is 0.255. The quantitative estimate of drug-likeness (QED) is 0.707. The Morgan fingerprint density at radius 3 is 1.71 bits per heavy atom. The minimum Gasteiger partial charge on any atom is -0.327 e. The molecule has 0 aromatic carbocycles. The topological polar surface area (TPSA) is 43.1 Å². The smallest absolute Gasteiger partial charge is 0.132 e. The van der Waals surface area contributed by atoms with E-state index in [0.29, 0.717) is 18.2 Å². The van der Waals surface area contributed by atoms with Crippen LogP contribution in [0.1, 0.15) is 41.0 Å². The van der Waals surface area contributed by atoms with Gasteiger partial charge in [-0.05, 0) is 26.2 Å². The Hall–Kier alpha value is -0.630. The van der Waals surface area contributed by atoms with Crippen LogP contribution in [0, 0.1) is 11.8 Å². The molecule has 0 spiro atoms. The summed E-state index contributed by atoms with van der Waals surface area (Å²) < 4.78 is 0. The van der Waals surface area contributed by atoms with Crippen molar-refractivity contribution in [2.75, 3.05) is 6.54 Å². The molecule has 2 heteroatoms. The lowest BCUT2D eigenvalue weighted by atomic mass is 9.96. The predicted molar refractivity (Wildman–Crippen MR) is 63.2 cm³/mol. The zero-order valence-electron chi connectivity index (χ0n) is 10.3. The molecule has 1 unspecified atom stereocenters. The van der Waals surface area contributed by atoms with E-state index >= 15 is 0 Å². The fraction of sp³-hybridized carbons (Fsp3) is 0.750. The van der Waals surface area contributed by atoms with E-state index < -0.39 is 0 Å². The van der Waals surface area contributed by atoms with Crippen LogP contribution in [0.4, 0.5) is 0 Å². The zero-order valence-corrected chi connectivity index (χ0v) is 10.3. The van der Waals surface area contributed by atoms with Crippen molar-refractivity contribution in [3.63, 3.8) is 0 Å². The molecule has 0 aliphatic rings. The Kier molecular flexibility index (Phi) is 10.1. The highest BCUT2D eigenvalue weighted by molar-refractivity contribution is 5.77. The second kappa shape index (κ2) is 8.95. The number of Topliss-reactive ketones (excluding diaryl/α,β-unsaturated/α-hetero) is 1. The van der Waals surface area contributed by atoms with Crippen molar-refractivity contribution in [3.05, 3.63) is 12.2 Å². The average Bonchev–Trinajstić information content (AvgIpc) is 2.04. The van der Waals surface area contributed by atoms with E-state index in [1.165, 1.54) is 0 Å². The number of rotatable bonds is 4. The maximum Gasteiger partial charge on any atom is 0.132 e. The summed E-state index contributed by atoms with van der Waals surface area (Å²) in [5, 5.41) is 0. The molecule has 2 N–H and O–H groups in total. The van der Waals surface area contributed by atoms with Gasteiger partial charge in [-0.3, -0.25) is 4.79 Å². The normalized spacial score (nSPS) is 11.6. The lowest BCUT2D eigenvalue weighted by Crippen LogP contribution is -2.08. The van der Waals surface area contributed by atoms with Crippen LogP contribution in [0.3, 0.4) is 0 Å². The second-order valence-electron chi connectivity index (χ2n) is 4.30. The fourth-order valence-corrected chi connectivity index (χ4v) is 0.873. The summed E-state index contributed by atoms with van der Waals surface area (Å²) in [5.74, 6) is 1.21. The predicted octanol–water partition coefficient (Wildman–Crippen LogP) is 2.78. The van der Waals surface area contributed by atoms with Gasteiger partial charge in [-0.1, -0.05) is 32.9 Å². The summed E-state index contributed by atoms with van der Waals surface area (Å²) in [7, 11) is 0. The van der Waals surface area contributed by atoms with E-state index in [2.05, 4.69) is 20.4 Å². The molecule has 84 valence electrons. The fourth-order valence-electron chi connectivity index (χ4n) is 0.873. The highest BCUT2D eigenvalue weighted by Gasteiger charge is 2.08. The van der Waals surface area contributed by atoms with Crippen molar-refractivity contribution in [2.24, 2.45) is 17.6 Å². The summed E-state index contributed by atoms with van der Waals surface area (Å²) in [6.07, 6.45) is 1.02. The van der Waals surface area contributed by atoms with Gasteiger partial charge >= 0.3 is 0 Å². The molecule has 0 fully saturated rings. The number of ketones is 1. The number of hydrogen-bond donors (Lipinski definition) is 1. The van der Waals surface area contributed by atoms with Gasteiger partial charge in [-0.2, -0.15) is 0 Å². The summed E-state index contributed by atoms with van der Waals surface area (Å²) in [5.41, 5.74) is 6.10. The summed E-state index contributed by atoms with van der Waals surface area (Å²) in [6, 6.07) is 0. The third-order valence-electron chi connectivity index (χ3n) is 1.87. The van der Waals surface area contributed by atoms with Gasteiger partial charge in [0.1, 0.15) is 5.78 Å². The molecule has 0 heterocycles. The van der Waals surface area contributed by atoms with Crippen molar-refractivity contribution in [2.45, 2.75) is 41.0 Å². The molecule has 1 atom stereocenters. The lowest BCUT2D eigenvalue weighted by Gasteiger charge is -2.08. The third kappa shape index (κ3) is 13.9. The minimum atomic E-state index is 0.255. The molecule has 0 saturated heterocycles. The van der Waals surface area contributed by atoms with Crippen LogP contribution in [-0.4, -0.2) is 12.3 Å². The molecule has 0 aliphatic heterocycles. The van der Waals surface area contributed by atoms with Gasteiger partial charge in [-0.25, -0.2) is 0 Å². The molecular weight excluding hydrogens is 174 g/mol. The summed E-state index contributed by atoms with van der Waals surface area (Å²) >= 11 is 0. The van der Waals surface area contributed by atoms with Crippen LogP contribution < -0.4 is 5.73 Å². The van der Waals surface area contributed by atoms with Crippen LogP contribution in [0.25, 0.3) is 0 Å². The first kappa shape index (κ1) is 15.8. The monoisotopic (exact) mass is 199 g/mol. The number of carbonyl (C=O) groups excluding carboxylic acids is 1. The highest BCUT2D eigenvalue weighted by atomic mass is 16.1. The average molecular weight is 199 g/mol. The van der Waals surface area contributed by atoms with Crippen LogP contribution in [0.15, 0.2) is 12.2 Å². The molecular formula is C12H25NO. The largest absolute Gasteiger partial charge is 0.327 e. The molecule has 0 radical (unpaired) electrons. The molecule has 0 rings (SSSR count). The van der Waals surface area contributed by atoms with Crippen molar-refractivity contribution >= 4 is 5.78 Å². The van der Waals surface area contributed by atoms with E-state index in [1.54, 1.807) is 6.92 Å². The van der Waals surface area contributed by atoms with E-state index in [4.69, 9.17) is 5.73 Å². The lowest BCUT2D eigenvalue weighted by molar-refractivity contribution is -0.120. The zero-order chi connectivity index (χ0) is 11.7. The van der Waals surface area contributed by atoms with Crippen molar-refractivity contribution in [3.8, 4) is 0 Å². The van der Waals surface area contributed by atoms with E-state index in [1.807, 2.05) is 13.8 Å². The van der Waals surface area contributed by atoms with E-state index in [9.17, 15) is 4.79 Å². The van der Waals surface area contributed by atoms with E-state index in [-0.39, 0.29) is 5.92 Å². The van der Waals surface area contributed by atoms with Crippen LogP contribution >= 0.6 is 0 Å². The Morgan fingerprint density at radius 1 is 1.29 bits per heavy atom. The van der Waals surface area contributed by atoms with E-state index in [0.717, 1.165) is 12.0 Å².